The Bertz CT molecular complexity index is 925. The summed E-state index contributed by atoms with van der Waals surface area (Å²) < 4.78 is 46.0. The summed E-state index contributed by atoms with van der Waals surface area (Å²) in [6.45, 7) is 5.03. The summed E-state index contributed by atoms with van der Waals surface area (Å²) in [5.74, 6) is 0.145. The van der Waals surface area contributed by atoms with Crippen molar-refractivity contribution < 1.29 is 22.7 Å². The van der Waals surface area contributed by atoms with Gasteiger partial charge in [0, 0.05) is 37.9 Å². The van der Waals surface area contributed by atoms with Crippen LogP contribution in [0.4, 0.5) is 18.9 Å². The van der Waals surface area contributed by atoms with Crippen LogP contribution in [0.5, 0.6) is 5.75 Å². The smallest absolute Gasteiger partial charge is 0.434 e. The Labute approximate surface area is 182 Å². The van der Waals surface area contributed by atoms with E-state index < -0.39 is 29.3 Å². The van der Waals surface area contributed by atoms with Crippen molar-refractivity contribution >= 4 is 34.8 Å². The van der Waals surface area contributed by atoms with Crippen molar-refractivity contribution in [2.75, 3.05) is 37.7 Å². The van der Waals surface area contributed by atoms with Crippen molar-refractivity contribution in [1.82, 2.24) is 14.7 Å². The maximum atomic E-state index is 13.3. The van der Waals surface area contributed by atoms with Crippen LogP contribution < -0.4 is 9.64 Å². The monoisotopic (exact) mass is 464 g/mol. The lowest BCUT2D eigenvalue weighted by Gasteiger charge is -2.36. The van der Waals surface area contributed by atoms with E-state index in [9.17, 15) is 18.0 Å². The fraction of sp³-hybridized carbons (Fsp3) is 0.474. The second kappa shape index (κ2) is 8.93. The number of piperazine rings is 1. The predicted octanol–water partition coefficient (Wildman–Crippen LogP) is 4.26. The molecule has 0 aliphatic carbocycles. The SMILES string of the molecule is CCOc1cc(N2CCN(C(=O)Cn3nc(C)c(Cl)c3C(F)(F)F)CC2)ccc1Cl. The van der Waals surface area contributed by atoms with E-state index in [1.165, 1.54) is 11.8 Å². The van der Waals surface area contributed by atoms with Crippen LogP contribution in [0.15, 0.2) is 18.2 Å². The van der Waals surface area contributed by atoms with Crippen molar-refractivity contribution in [3.63, 3.8) is 0 Å². The van der Waals surface area contributed by atoms with Crippen LogP contribution in [-0.2, 0) is 17.5 Å². The lowest BCUT2D eigenvalue weighted by atomic mass is 10.2. The minimum Gasteiger partial charge on any atom is -0.492 e. The fourth-order valence-corrected chi connectivity index (χ4v) is 3.76. The lowest BCUT2D eigenvalue weighted by molar-refractivity contribution is -0.145. The highest BCUT2D eigenvalue weighted by atomic mass is 35.5. The zero-order valence-electron chi connectivity index (χ0n) is 16.5. The first-order chi connectivity index (χ1) is 14.1. The molecule has 164 valence electrons. The Morgan fingerprint density at radius 2 is 1.87 bits per heavy atom. The Morgan fingerprint density at radius 1 is 1.20 bits per heavy atom. The highest BCUT2D eigenvalue weighted by molar-refractivity contribution is 6.32. The average molecular weight is 465 g/mol. The van der Waals surface area contributed by atoms with E-state index in [1.54, 1.807) is 6.07 Å². The van der Waals surface area contributed by atoms with Gasteiger partial charge in [0.1, 0.15) is 12.3 Å². The third-order valence-corrected chi connectivity index (χ3v) is 5.58. The molecule has 1 aromatic heterocycles. The molecule has 2 aromatic rings. The molecule has 0 unspecified atom stereocenters. The number of alkyl halides is 3. The highest BCUT2D eigenvalue weighted by Crippen LogP contribution is 2.36. The van der Waals surface area contributed by atoms with E-state index in [0.717, 1.165) is 5.69 Å². The number of amides is 1. The number of halogens is 5. The molecule has 0 atom stereocenters. The number of hydrogen-bond donors (Lipinski definition) is 0. The number of nitrogens with zero attached hydrogens (tertiary/aromatic N) is 4. The van der Waals surface area contributed by atoms with Crippen LogP contribution in [0.1, 0.15) is 18.3 Å². The zero-order chi connectivity index (χ0) is 22.1. The largest absolute Gasteiger partial charge is 0.492 e. The van der Waals surface area contributed by atoms with Gasteiger partial charge in [-0.05, 0) is 26.0 Å². The van der Waals surface area contributed by atoms with E-state index in [2.05, 4.69) is 10.00 Å². The van der Waals surface area contributed by atoms with Gasteiger partial charge >= 0.3 is 6.18 Å². The highest BCUT2D eigenvalue weighted by Gasteiger charge is 2.39. The number of rotatable bonds is 5. The van der Waals surface area contributed by atoms with Crippen LogP contribution in [0.3, 0.4) is 0 Å². The number of aromatic nitrogens is 2. The van der Waals surface area contributed by atoms with Gasteiger partial charge in [-0.25, -0.2) is 4.68 Å². The molecule has 0 bridgehead atoms. The number of ether oxygens (including phenoxy) is 1. The van der Waals surface area contributed by atoms with Crippen molar-refractivity contribution in [2.24, 2.45) is 0 Å². The van der Waals surface area contributed by atoms with Gasteiger partial charge in [0.05, 0.1) is 22.3 Å². The Hall–Kier alpha value is -2.13. The first-order valence-electron chi connectivity index (χ1n) is 9.37. The maximum Gasteiger partial charge on any atom is 0.434 e. The molecule has 0 saturated carbocycles. The zero-order valence-corrected chi connectivity index (χ0v) is 18.0. The maximum absolute atomic E-state index is 13.3. The van der Waals surface area contributed by atoms with Crippen molar-refractivity contribution in [2.45, 2.75) is 26.6 Å². The Kier molecular flexibility index (Phi) is 6.71. The average Bonchev–Trinajstić information content (AvgIpc) is 2.97. The molecular formula is C19H21Cl2F3N4O2. The molecule has 1 aromatic carbocycles. The van der Waals surface area contributed by atoms with Crippen molar-refractivity contribution in [3.05, 3.63) is 39.6 Å². The number of aryl methyl sites for hydroxylation is 1. The summed E-state index contributed by atoms with van der Waals surface area (Å²) >= 11 is 11.9. The predicted molar refractivity (Wildman–Crippen MR) is 108 cm³/mol. The molecule has 0 radical (unpaired) electrons. The molecule has 11 heteroatoms. The first kappa shape index (κ1) is 22.6. The van der Waals surface area contributed by atoms with Gasteiger partial charge in [0.2, 0.25) is 5.91 Å². The number of anilines is 1. The van der Waals surface area contributed by atoms with E-state index in [1.807, 2.05) is 19.1 Å². The quantitative estimate of drug-likeness (QED) is 0.662. The van der Waals surface area contributed by atoms with Gasteiger partial charge < -0.3 is 14.5 Å². The van der Waals surface area contributed by atoms with Crippen molar-refractivity contribution in [3.8, 4) is 5.75 Å². The summed E-state index contributed by atoms with van der Waals surface area (Å²) in [6, 6.07) is 5.46. The van der Waals surface area contributed by atoms with Gasteiger partial charge in [0.25, 0.3) is 0 Å². The van der Waals surface area contributed by atoms with Crippen LogP contribution >= 0.6 is 23.2 Å². The molecule has 1 fully saturated rings. The molecule has 1 aliphatic heterocycles. The molecule has 3 rings (SSSR count). The topological polar surface area (TPSA) is 50.6 Å². The van der Waals surface area contributed by atoms with Gasteiger partial charge in [-0.15, -0.1) is 0 Å². The van der Waals surface area contributed by atoms with E-state index in [0.29, 0.717) is 48.2 Å². The molecule has 1 saturated heterocycles. The number of carbonyl (C=O) groups is 1. The van der Waals surface area contributed by atoms with Gasteiger partial charge in [-0.3, -0.25) is 4.79 Å². The summed E-state index contributed by atoms with van der Waals surface area (Å²) in [4.78, 5) is 16.2. The third kappa shape index (κ3) is 4.78. The number of carbonyl (C=O) groups excluding carboxylic acids is 1. The molecule has 30 heavy (non-hydrogen) atoms. The van der Waals surface area contributed by atoms with Crippen LogP contribution in [0.25, 0.3) is 0 Å². The summed E-state index contributed by atoms with van der Waals surface area (Å²) in [6.07, 6.45) is -4.69. The molecule has 1 aliphatic rings. The molecular weight excluding hydrogens is 444 g/mol. The van der Waals surface area contributed by atoms with Gasteiger partial charge in [-0.2, -0.15) is 18.3 Å². The third-order valence-electron chi connectivity index (χ3n) is 4.82. The second-order valence-corrected chi connectivity index (χ2v) is 7.60. The molecule has 0 N–H and O–H groups in total. The normalized spacial score (nSPS) is 14.9. The van der Waals surface area contributed by atoms with Crippen molar-refractivity contribution in [1.29, 1.82) is 0 Å². The van der Waals surface area contributed by atoms with Crippen LogP contribution in [0, 0.1) is 6.92 Å². The van der Waals surface area contributed by atoms with E-state index in [4.69, 9.17) is 27.9 Å². The van der Waals surface area contributed by atoms with E-state index in [-0.39, 0.29) is 5.69 Å². The minimum absolute atomic E-state index is 0.0365. The Balaban J connectivity index is 1.66. The number of benzene rings is 1. The van der Waals surface area contributed by atoms with Crippen LogP contribution in [0.2, 0.25) is 10.0 Å². The summed E-state index contributed by atoms with van der Waals surface area (Å²) in [7, 11) is 0. The van der Waals surface area contributed by atoms with E-state index >= 15 is 0 Å². The lowest BCUT2D eigenvalue weighted by Crippen LogP contribution is -2.49. The Morgan fingerprint density at radius 3 is 2.47 bits per heavy atom. The molecule has 6 nitrogen and oxygen atoms in total. The molecule has 2 heterocycles. The summed E-state index contributed by atoms with van der Waals surface area (Å²) in [5, 5.41) is 3.83. The van der Waals surface area contributed by atoms with Gasteiger partial charge in [-0.1, -0.05) is 23.2 Å². The standard InChI is InChI=1S/C19H21Cl2F3N4O2/c1-3-30-15-10-13(4-5-14(15)20)26-6-8-27(9-7-26)16(29)11-28-18(19(22,23)24)17(21)12(2)25-28/h4-5,10H,3,6-9,11H2,1-2H3. The minimum atomic E-state index is -4.69. The molecule has 1 amide bonds. The molecule has 0 spiro atoms. The fourth-order valence-electron chi connectivity index (χ4n) is 3.34. The van der Waals surface area contributed by atoms with Crippen LogP contribution in [-0.4, -0.2) is 53.4 Å². The number of hydrogen-bond acceptors (Lipinski definition) is 4. The second-order valence-electron chi connectivity index (χ2n) is 6.82. The summed E-state index contributed by atoms with van der Waals surface area (Å²) in [5.41, 5.74) is -0.156. The van der Waals surface area contributed by atoms with Gasteiger partial charge in [0.15, 0.2) is 5.69 Å². The first-order valence-corrected chi connectivity index (χ1v) is 10.1.